The van der Waals surface area contributed by atoms with Crippen molar-refractivity contribution in [1.82, 2.24) is 15.1 Å². The third-order valence-electron chi connectivity index (χ3n) is 4.68. The molecule has 0 amide bonds. The monoisotopic (exact) mass is 441 g/mol. The van der Waals surface area contributed by atoms with Crippen LogP contribution in [0.25, 0.3) is 0 Å². The molecule has 0 bridgehead atoms. The number of halogens is 1. The predicted molar refractivity (Wildman–Crippen MR) is 92.0 cm³/mol. The molecule has 4 aliphatic heterocycles. The molecule has 2 fully saturated rings. The Morgan fingerprint density at radius 2 is 2.24 bits per heavy atom. The minimum atomic E-state index is -4.15. The molecule has 0 aliphatic carbocycles. The van der Waals surface area contributed by atoms with Crippen molar-refractivity contribution in [2.24, 2.45) is 10.7 Å². The van der Waals surface area contributed by atoms with Crippen LogP contribution in [0.1, 0.15) is 0 Å². The number of nitrogens with zero attached hydrogens (tertiary/aromatic N) is 3. The van der Waals surface area contributed by atoms with E-state index >= 15 is 0 Å². The molecule has 5 N–H and O–H groups in total. The van der Waals surface area contributed by atoms with Gasteiger partial charge in [0, 0.05) is 0 Å². The molecule has 5 atom stereocenters. The standard InChI is InChI=1S/C12H21BrN5O6P/c1-17-6-9(14)15-4-16-10(6)18(12(17)13)11-8(21-2)7-5(23-11)3-22-25(19,20)24-7/h5,7-8,11-12,16,19-20,25H,3-4H2,1-2H3,(H2,14,15)/t5-,7-,8?,11?,12?/m1/s1. The van der Waals surface area contributed by atoms with Crippen molar-refractivity contribution >= 4 is 29.9 Å². The van der Waals surface area contributed by atoms with Crippen LogP contribution in [-0.2, 0) is 18.5 Å². The summed E-state index contributed by atoms with van der Waals surface area (Å²) < 4.78 is 22.0. The van der Waals surface area contributed by atoms with Crippen molar-refractivity contribution in [3.05, 3.63) is 11.5 Å². The number of nitrogens with two attached hydrogens (primary N) is 1. The van der Waals surface area contributed by atoms with E-state index in [-0.39, 0.29) is 11.7 Å². The number of nitrogens with one attached hydrogen (secondary N) is 1. The van der Waals surface area contributed by atoms with E-state index < -0.39 is 32.7 Å². The second kappa shape index (κ2) is 6.17. The van der Waals surface area contributed by atoms with Crippen molar-refractivity contribution in [1.29, 1.82) is 0 Å². The van der Waals surface area contributed by atoms with Gasteiger partial charge in [-0.1, -0.05) is 0 Å². The average molecular weight is 442 g/mol. The first-order valence-electron chi connectivity index (χ1n) is 7.72. The van der Waals surface area contributed by atoms with Crippen molar-refractivity contribution in [2.45, 2.75) is 29.6 Å². The van der Waals surface area contributed by atoms with Gasteiger partial charge < -0.3 is 0 Å². The topological polar surface area (TPSA) is 134 Å². The van der Waals surface area contributed by atoms with Gasteiger partial charge in [0.2, 0.25) is 0 Å². The SMILES string of the molecule is COC1C(N2C3=C(C(N)=NCN3)N(C)C2Br)O[C@@H]2CO[PH](O)(O)O[C@@H]12. The summed E-state index contributed by atoms with van der Waals surface area (Å²) in [6.45, 7) is 0.384. The molecule has 142 valence electrons. The number of hydrogen-bond acceptors (Lipinski definition) is 11. The van der Waals surface area contributed by atoms with Crippen molar-refractivity contribution in [2.75, 3.05) is 27.4 Å². The number of rotatable bonds is 2. The van der Waals surface area contributed by atoms with Gasteiger partial charge in [0.1, 0.15) is 0 Å². The van der Waals surface area contributed by atoms with E-state index in [0.29, 0.717) is 12.5 Å². The summed E-state index contributed by atoms with van der Waals surface area (Å²) in [4.78, 5) is 27.6. The Morgan fingerprint density at radius 3 is 2.96 bits per heavy atom. The van der Waals surface area contributed by atoms with Gasteiger partial charge in [-0.25, -0.2) is 0 Å². The van der Waals surface area contributed by atoms with Crippen LogP contribution in [0.3, 0.4) is 0 Å². The van der Waals surface area contributed by atoms with Gasteiger partial charge in [0.25, 0.3) is 0 Å². The van der Waals surface area contributed by atoms with E-state index in [1.54, 1.807) is 0 Å². The van der Waals surface area contributed by atoms with Crippen LogP contribution in [0.4, 0.5) is 0 Å². The zero-order valence-electron chi connectivity index (χ0n) is 13.6. The van der Waals surface area contributed by atoms with E-state index in [1.807, 2.05) is 16.8 Å². The van der Waals surface area contributed by atoms with E-state index in [4.69, 9.17) is 24.3 Å². The molecule has 4 rings (SSSR count). The number of methoxy groups -OCH3 is 1. The van der Waals surface area contributed by atoms with Crippen LogP contribution < -0.4 is 11.1 Å². The number of likely N-dealkylation sites (N-methyl/N-ethyl adjacent to an activating group) is 1. The fourth-order valence-corrected chi connectivity index (χ4v) is 5.28. The third-order valence-corrected chi connectivity index (χ3v) is 6.86. The van der Waals surface area contributed by atoms with E-state index in [0.717, 1.165) is 11.5 Å². The number of fused-ring (bicyclic) bond motifs is 1. The van der Waals surface area contributed by atoms with E-state index in [9.17, 15) is 9.79 Å². The minimum absolute atomic E-state index is 0.0276. The zero-order chi connectivity index (χ0) is 17.9. The molecule has 0 aromatic rings. The number of hydrogen-bond donors (Lipinski definition) is 4. The van der Waals surface area contributed by atoms with Crippen molar-refractivity contribution in [3.63, 3.8) is 0 Å². The molecular weight excluding hydrogens is 421 g/mol. The first-order valence-corrected chi connectivity index (χ1v) is 10.3. The summed E-state index contributed by atoms with van der Waals surface area (Å²) in [5, 5.41) is 2.95. The fourth-order valence-electron chi connectivity index (χ4n) is 3.55. The molecule has 3 unspecified atom stereocenters. The second-order valence-electron chi connectivity index (χ2n) is 6.11. The van der Waals surface area contributed by atoms with Crippen LogP contribution in [0.15, 0.2) is 16.5 Å². The Kier molecular flexibility index (Phi) is 4.36. The molecule has 4 aliphatic rings. The van der Waals surface area contributed by atoms with Gasteiger partial charge in [0.15, 0.2) is 0 Å². The molecule has 2 saturated heterocycles. The maximum absolute atomic E-state index is 9.76. The predicted octanol–water partition coefficient (Wildman–Crippen LogP) is -1.45. The Hall–Kier alpha value is -0.720. The first kappa shape index (κ1) is 17.7. The normalized spacial score (nSPS) is 41.2. The molecule has 0 radical (unpaired) electrons. The van der Waals surface area contributed by atoms with Gasteiger partial charge in [-0.05, 0) is 0 Å². The molecular formula is C12H21BrN5O6P. The molecule has 11 nitrogen and oxygen atoms in total. The second-order valence-corrected chi connectivity index (χ2v) is 8.55. The van der Waals surface area contributed by atoms with Crippen LogP contribution in [0.5, 0.6) is 0 Å². The number of ether oxygens (including phenoxy) is 2. The Balaban J connectivity index is 1.66. The molecule has 0 saturated carbocycles. The molecule has 0 spiro atoms. The van der Waals surface area contributed by atoms with Crippen molar-refractivity contribution in [3.8, 4) is 0 Å². The number of aliphatic imine (C=N–C) groups is 1. The van der Waals surface area contributed by atoms with Crippen LogP contribution in [0.2, 0.25) is 0 Å². The van der Waals surface area contributed by atoms with E-state index in [1.165, 1.54) is 7.11 Å². The van der Waals surface area contributed by atoms with E-state index in [2.05, 4.69) is 26.2 Å². The van der Waals surface area contributed by atoms with Crippen LogP contribution >= 0.6 is 24.1 Å². The first-order chi connectivity index (χ1) is 11.8. The van der Waals surface area contributed by atoms with Gasteiger partial charge in [-0.3, -0.25) is 0 Å². The molecule has 4 heterocycles. The number of amidine groups is 1. The van der Waals surface area contributed by atoms with Crippen LogP contribution in [-0.4, -0.2) is 82.5 Å². The van der Waals surface area contributed by atoms with Gasteiger partial charge in [-0.15, -0.1) is 0 Å². The van der Waals surface area contributed by atoms with Gasteiger partial charge in [-0.2, -0.15) is 0 Å². The number of alkyl halides is 1. The van der Waals surface area contributed by atoms with Crippen LogP contribution in [0, 0.1) is 0 Å². The summed E-state index contributed by atoms with van der Waals surface area (Å²) in [5.41, 5.74) is 6.79. The molecule has 0 aromatic carbocycles. The Bertz CT molecular complexity index is 635. The average Bonchev–Trinajstić information content (AvgIpc) is 3.02. The summed E-state index contributed by atoms with van der Waals surface area (Å²) in [6.07, 6.45) is -2.22. The quantitative estimate of drug-likeness (QED) is 0.229. The summed E-state index contributed by atoms with van der Waals surface area (Å²) in [5.74, 6) is 1.20. The Labute approximate surface area is 153 Å². The van der Waals surface area contributed by atoms with Gasteiger partial charge in [0.05, 0.1) is 0 Å². The van der Waals surface area contributed by atoms with Crippen molar-refractivity contribution < 1.29 is 28.3 Å². The maximum atomic E-state index is 9.76. The third kappa shape index (κ3) is 2.72. The molecule has 0 aromatic heterocycles. The Morgan fingerprint density at radius 1 is 1.48 bits per heavy atom. The fraction of sp³-hybridized carbons (Fsp3) is 0.750. The summed E-state index contributed by atoms with van der Waals surface area (Å²) >= 11 is 3.64. The zero-order valence-corrected chi connectivity index (χ0v) is 16.2. The molecule has 13 heteroatoms. The summed E-state index contributed by atoms with van der Waals surface area (Å²) in [6, 6.07) is 0. The van der Waals surface area contributed by atoms with Gasteiger partial charge >= 0.3 is 153 Å². The summed E-state index contributed by atoms with van der Waals surface area (Å²) in [7, 11) is -0.735. The molecule has 25 heavy (non-hydrogen) atoms.